The van der Waals surface area contributed by atoms with Crippen LogP contribution in [0.4, 0.5) is 0 Å². The van der Waals surface area contributed by atoms with E-state index < -0.39 is 11.0 Å². The Balaban J connectivity index is 1.18. The van der Waals surface area contributed by atoms with E-state index >= 15 is 0 Å². The summed E-state index contributed by atoms with van der Waals surface area (Å²) in [5, 5.41) is 3.99. The molecule has 0 bridgehead atoms. The number of esters is 2. The summed E-state index contributed by atoms with van der Waals surface area (Å²) in [6.45, 7) is 28.6. The minimum atomic E-state index is -0.956. The molecule has 1 N–H and O–H groups in total. The first-order chi connectivity index (χ1) is 26.3. The molecule has 318 valence electrons. The van der Waals surface area contributed by atoms with Gasteiger partial charge in [-0.25, -0.2) is 0 Å². The van der Waals surface area contributed by atoms with E-state index in [4.69, 9.17) is 21.1 Å². The predicted molar refractivity (Wildman–Crippen MR) is 230 cm³/mol. The third-order valence-corrected chi connectivity index (χ3v) is 17.4. The number of fused-ring (bicyclic) bond motifs is 7. The second-order valence-electron chi connectivity index (χ2n) is 22.7. The van der Waals surface area contributed by atoms with Crippen molar-refractivity contribution in [2.75, 3.05) is 0 Å². The fraction of sp³-hybridized carbons (Fsp3) is 0.780. The molecule has 0 heterocycles. The Morgan fingerprint density at radius 3 is 2.21 bits per heavy atom. The summed E-state index contributed by atoms with van der Waals surface area (Å²) in [5.74, 6) is 1.60. The van der Waals surface area contributed by atoms with E-state index in [0.29, 0.717) is 35.1 Å². The number of carbonyl (C=O) groups excluding carboxylic acids is 3. The molecule has 1 aromatic rings. The third kappa shape index (κ3) is 7.90. The number of allylic oxidation sites excluding steroid dienone is 2. The Bertz CT molecular complexity index is 1750. The summed E-state index contributed by atoms with van der Waals surface area (Å²) in [6, 6.07) is 7.73. The molecule has 1 amide bonds. The van der Waals surface area contributed by atoms with Gasteiger partial charge in [0.1, 0.15) is 11.7 Å². The summed E-state index contributed by atoms with van der Waals surface area (Å²) >= 11 is 6.28. The quantitative estimate of drug-likeness (QED) is 0.188. The van der Waals surface area contributed by atoms with Gasteiger partial charge in [0.2, 0.25) is 5.91 Å². The smallest absolute Gasteiger partial charge is 0.312 e. The van der Waals surface area contributed by atoms with Gasteiger partial charge in [-0.2, -0.15) is 0 Å². The highest BCUT2D eigenvalue weighted by Gasteiger charge is 2.69. The molecule has 5 aliphatic carbocycles. The van der Waals surface area contributed by atoms with Crippen LogP contribution in [-0.4, -0.2) is 29.6 Å². The van der Waals surface area contributed by atoms with E-state index in [0.717, 1.165) is 31.2 Å². The fourth-order valence-corrected chi connectivity index (χ4v) is 14.1. The molecule has 4 saturated carbocycles. The van der Waals surface area contributed by atoms with E-state index in [-0.39, 0.29) is 63.5 Å². The van der Waals surface area contributed by atoms with Crippen molar-refractivity contribution in [2.45, 2.75) is 191 Å². The van der Waals surface area contributed by atoms with Crippen LogP contribution in [0.1, 0.15) is 185 Å². The van der Waals surface area contributed by atoms with Gasteiger partial charge in [0.15, 0.2) is 0 Å². The van der Waals surface area contributed by atoms with Crippen LogP contribution in [-0.2, 0) is 23.9 Å². The molecular formula is C50H76ClNO5. The van der Waals surface area contributed by atoms with Gasteiger partial charge in [-0.3, -0.25) is 14.4 Å². The average molecular weight is 807 g/mol. The van der Waals surface area contributed by atoms with Gasteiger partial charge in [-0.15, -0.1) is 0 Å². The van der Waals surface area contributed by atoms with E-state index in [9.17, 15) is 14.4 Å². The van der Waals surface area contributed by atoms with Gasteiger partial charge in [-0.1, -0.05) is 83.3 Å². The first-order valence-electron chi connectivity index (χ1n) is 22.5. The highest BCUT2D eigenvalue weighted by molar-refractivity contribution is 6.30. The second-order valence-corrected chi connectivity index (χ2v) is 23.2. The maximum atomic E-state index is 13.6. The molecule has 6 rings (SSSR count). The number of benzene rings is 1. The minimum absolute atomic E-state index is 0.0133. The summed E-state index contributed by atoms with van der Waals surface area (Å²) in [4.78, 5) is 40.1. The van der Waals surface area contributed by atoms with E-state index in [2.05, 4.69) is 60.7 Å². The van der Waals surface area contributed by atoms with E-state index in [1.165, 1.54) is 44.9 Å². The standard InChI is InChI=1S/C50H76ClNO5/c1-31(2)35-19-25-50(26-22-40(53)52-32(3)33-15-14-16-34(51)29-33)28-27-48(12)36(42(35)50)17-18-38-47(11)23-21-39(46(9,10)37(47)20-24-49(38,48)13)56-41(54)30-45(7,8)43(55)57-44(4,5)6/h14-16,29,31-32,36-39H,17-28,30H2,1-13H3,(H,52,53). The summed E-state index contributed by atoms with van der Waals surface area (Å²) in [6.07, 6.45) is 12.8. The van der Waals surface area contributed by atoms with Crippen LogP contribution < -0.4 is 5.32 Å². The van der Waals surface area contributed by atoms with Crippen molar-refractivity contribution >= 4 is 29.4 Å². The fourth-order valence-electron chi connectivity index (χ4n) is 13.9. The van der Waals surface area contributed by atoms with Crippen molar-refractivity contribution in [3.8, 4) is 0 Å². The van der Waals surface area contributed by atoms with Crippen LogP contribution in [0.2, 0.25) is 5.02 Å². The molecule has 57 heavy (non-hydrogen) atoms. The van der Waals surface area contributed by atoms with E-state index in [1.54, 1.807) is 25.0 Å². The molecule has 6 nitrogen and oxygen atoms in total. The highest BCUT2D eigenvalue weighted by Crippen LogP contribution is 2.77. The van der Waals surface area contributed by atoms with Gasteiger partial charge in [0.25, 0.3) is 0 Å². The molecule has 4 fully saturated rings. The number of nitrogens with one attached hydrogen (secondary N) is 1. The predicted octanol–water partition coefficient (Wildman–Crippen LogP) is 12.8. The van der Waals surface area contributed by atoms with Gasteiger partial charge >= 0.3 is 11.9 Å². The minimum Gasteiger partial charge on any atom is -0.462 e. The molecule has 5 aliphatic rings. The lowest BCUT2D eigenvalue weighted by atomic mass is 9.33. The van der Waals surface area contributed by atoms with Crippen molar-refractivity contribution in [2.24, 2.45) is 56.2 Å². The van der Waals surface area contributed by atoms with Crippen LogP contribution in [0.5, 0.6) is 0 Å². The SMILES string of the molecule is CC(C)C1=C2C3CCC4C5(C)CCC(OC(=O)CC(C)(C)C(=O)OC(C)(C)C)C(C)(C)C5CCC4(C)C3(C)CCC2(CCC(=O)NC(C)c2cccc(Cl)c2)CC1. The number of halogens is 1. The lowest BCUT2D eigenvalue weighted by Gasteiger charge is -2.72. The van der Waals surface area contributed by atoms with Gasteiger partial charge in [0.05, 0.1) is 17.9 Å². The molecule has 0 spiro atoms. The molecule has 0 radical (unpaired) electrons. The molecule has 0 saturated heterocycles. The Morgan fingerprint density at radius 1 is 0.860 bits per heavy atom. The van der Waals surface area contributed by atoms with Crippen molar-refractivity contribution in [1.82, 2.24) is 5.32 Å². The third-order valence-electron chi connectivity index (χ3n) is 17.1. The second kappa shape index (κ2) is 15.3. The number of rotatable bonds is 10. The van der Waals surface area contributed by atoms with Crippen LogP contribution in [0, 0.1) is 56.2 Å². The Morgan fingerprint density at radius 2 is 1.56 bits per heavy atom. The Hall–Kier alpha value is -2.34. The van der Waals surface area contributed by atoms with Gasteiger partial charge < -0.3 is 14.8 Å². The highest BCUT2D eigenvalue weighted by atomic mass is 35.5. The molecule has 0 aromatic heterocycles. The molecule has 0 aliphatic heterocycles. The average Bonchev–Trinajstić information content (AvgIpc) is 3.48. The first-order valence-corrected chi connectivity index (χ1v) is 22.9. The zero-order chi connectivity index (χ0) is 42.1. The number of amides is 1. The Kier molecular flexibility index (Phi) is 11.9. The number of hydrogen-bond donors (Lipinski definition) is 1. The zero-order valence-corrected chi connectivity index (χ0v) is 38.6. The van der Waals surface area contributed by atoms with Crippen molar-refractivity contribution in [3.63, 3.8) is 0 Å². The monoisotopic (exact) mass is 806 g/mol. The van der Waals surface area contributed by atoms with E-state index in [1.807, 2.05) is 45.0 Å². The lowest BCUT2D eigenvalue weighted by molar-refractivity contribution is -0.233. The molecular weight excluding hydrogens is 730 g/mol. The Labute approximate surface area is 350 Å². The number of ether oxygens (including phenoxy) is 2. The van der Waals surface area contributed by atoms with Gasteiger partial charge in [-0.05, 0) is 175 Å². The number of hydrogen-bond acceptors (Lipinski definition) is 5. The zero-order valence-electron chi connectivity index (χ0n) is 37.9. The van der Waals surface area contributed by atoms with Crippen LogP contribution in [0.15, 0.2) is 35.4 Å². The van der Waals surface area contributed by atoms with Crippen LogP contribution >= 0.6 is 11.6 Å². The normalized spacial score (nSPS) is 35.4. The van der Waals surface area contributed by atoms with Crippen LogP contribution in [0.3, 0.4) is 0 Å². The largest absolute Gasteiger partial charge is 0.462 e. The van der Waals surface area contributed by atoms with Crippen molar-refractivity contribution in [3.05, 3.63) is 46.0 Å². The first kappa shape index (κ1) is 44.2. The van der Waals surface area contributed by atoms with Crippen molar-refractivity contribution in [1.29, 1.82) is 0 Å². The summed E-state index contributed by atoms with van der Waals surface area (Å²) < 4.78 is 12.0. The molecule has 1 aromatic carbocycles. The van der Waals surface area contributed by atoms with Gasteiger partial charge in [0, 0.05) is 16.9 Å². The number of carbonyl (C=O) groups is 3. The maximum Gasteiger partial charge on any atom is 0.312 e. The lowest BCUT2D eigenvalue weighted by Crippen LogP contribution is -2.65. The summed E-state index contributed by atoms with van der Waals surface area (Å²) in [7, 11) is 0. The van der Waals surface area contributed by atoms with Crippen LogP contribution in [0.25, 0.3) is 0 Å². The molecule has 7 heteroatoms. The summed E-state index contributed by atoms with van der Waals surface area (Å²) in [5.41, 5.74) is 3.42. The maximum absolute atomic E-state index is 13.6. The topological polar surface area (TPSA) is 81.7 Å². The molecule has 9 unspecified atom stereocenters. The molecule has 9 atom stereocenters. The van der Waals surface area contributed by atoms with Crippen molar-refractivity contribution < 1.29 is 23.9 Å².